The lowest BCUT2D eigenvalue weighted by atomic mass is 10.0. The predicted octanol–water partition coefficient (Wildman–Crippen LogP) is 6.01. The normalized spacial score (nSPS) is 14.0. The van der Waals surface area contributed by atoms with E-state index in [2.05, 4.69) is 45.2 Å². The zero-order valence-corrected chi connectivity index (χ0v) is 20.0. The van der Waals surface area contributed by atoms with Gasteiger partial charge in [-0.2, -0.15) is 5.26 Å². The Labute approximate surface area is 213 Å². The van der Waals surface area contributed by atoms with Gasteiger partial charge in [0.05, 0.1) is 22.3 Å². The van der Waals surface area contributed by atoms with Crippen molar-refractivity contribution in [2.45, 2.75) is 18.9 Å². The first kappa shape index (κ1) is 22.8. The monoisotopic (exact) mass is 488 g/mol. The van der Waals surface area contributed by atoms with Crippen LogP contribution in [-0.2, 0) is 4.74 Å². The molecule has 2 N–H and O–H groups in total. The molecule has 182 valence electrons. The minimum absolute atomic E-state index is 0.163. The van der Waals surface area contributed by atoms with Gasteiger partial charge in [-0.05, 0) is 60.9 Å². The molecule has 0 unspecified atom stereocenters. The fourth-order valence-electron chi connectivity index (χ4n) is 5.20. The lowest BCUT2D eigenvalue weighted by Crippen LogP contribution is -2.28. The average molecular weight is 489 g/mol. The number of fused-ring (bicyclic) bond motifs is 3. The number of carboxylic acid groups (broad SMARTS) is 1. The molecule has 1 saturated heterocycles. The van der Waals surface area contributed by atoms with E-state index >= 15 is 0 Å². The summed E-state index contributed by atoms with van der Waals surface area (Å²) in [7, 11) is 0. The van der Waals surface area contributed by atoms with Crippen molar-refractivity contribution in [3.05, 3.63) is 90.3 Å². The smallest absolute Gasteiger partial charge is 0.337 e. The highest BCUT2D eigenvalue weighted by molar-refractivity contribution is 6.15. The van der Waals surface area contributed by atoms with Crippen molar-refractivity contribution in [3.63, 3.8) is 0 Å². The summed E-state index contributed by atoms with van der Waals surface area (Å²) in [5, 5.41) is 24.6. The van der Waals surface area contributed by atoms with Crippen LogP contribution in [0.5, 0.6) is 0 Å². The number of hydrogen-bond acceptors (Lipinski definition) is 5. The van der Waals surface area contributed by atoms with E-state index in [-0.39, 0.29) is 11.6 Å². The Kier molecular flexibility index (Phi) is 5.79. The number of nitriles is 1. The number of aromatic carboxylic acids is 1. The number of nitrogens with zero attached hydrogens (tertiary/aromatic N) is 3. The van der Waals surface area contributed by atoms with E-state index in [0.717, 1.165) is 51.5 Å². The second kappa shape index (κ2) is 9.41. The molecule has 1 fully saturated rings. The van der Waals surface area contributed by atoms with Crippen LogP contribution in [0, 0.1) is 11.3 Å². The number of anilines is 1. The molecular weight excluding hydrogens is 464 g/mol. The number of hydrogen-bond donors (Lipinski definition) is 2. The number of aromatic nitrogens is 2. The van der Waals surface area contributed by atoms with Crippen LogP contribution in [0.4, 0.5) is 5.69 Å². The maximum atomic E-state index is 12.0. The molecule has 5 aromatic rings. The highest BCUT2D eigenvalue weighted by Crippen LogP contribution is 2.39. The number of nitrogens with one attached hydrogen (secondary N) is 1. The van der Waals surface area contributed by atoms with Crippen molar-refractivity contribution in [1.82, 2.24) is 9.55 Å². The Morgan fingerprint density at radius 2 is 1.84 bits per heavy atom. The van der Waals surface area contributed by atoms with Crippen LogP contribution >= 0.6 is 0 Å². The molecule has 0 saturated carbocycles. The van der Waals surface area contributed by atoms with Gasteiger partial charge in [0.15, 0.2) is 0 Å². The summed E-state index contributed by atoms with van der Waals surface area (Å²) in [6.45, 7) is 1.33. The lowest BCUT2D eigenvalue weighted by Gasteiger charge is -2.25. The molecular formula is C30H24N4O3. The number of ether oxygens (including phenoxy) is 1. The van der Waals surface area contributed by atoms with Gasteiger partial charge in [0.2, 0.25) is 0 Å². The van der Waals surface area contributed by atoms with E-state index in [0.29, 0.717) is 24.6 Å². The van der Waals surface area contributed by atoms with Gasteiger partial charge >= 0.3 is 5.97 Å². The van der Waals surface area contributed by atoms with E-state index in [9.17, 15) is 9.90 Å². The minimum atomic E-state index is -0.959. The first-order chi connectivity index (χ1) is 18.1. The zero-order valence-electron chi connectivity index (χ0n) is 20.0. The number of carboxylic acids is 1. The third kappa shape index (κ3) is 4.07. The molecule has 6 rings (SSSR count). The third-order valence-electron chi connectivity index (χ3n) is 6.96. The average Bonchev–Trinajstić information content (AvgIpc) is 3.28. The maximum absolute atomic E-state index is 12.0. The topological polar surface area (TPSA) is 100 Å². The van der Waals surface area contributed by atoms with Crippen LogP contribution in [-0.4, -0.2) is 39.9 Å². The summed E-state index contributed by atoms with van der Waals surface area (Å²) in [6, 6.07) is 25.7. The maximum Gasteiger partial charge on any atom is 0.337 e. The van der Waals surface area contributed by atoms with Crippen molar-refractivity contribution in [2.24, 2.45) is 0 Å². The number of rotatable bonds is 5. The van der Waals surface area contributed by atoms with Crippen molar-refractivity contribution >= 4 is 33.5 Å². The van der Waals surface area contributed by atoms with Crippen LogP contribution in [0.3, 0.4) is 0 Å². The SMILES string of the molecule is N#Cc1ccc(-c2cccc3c2c2ccccc2n3-c2ccc(C(=O)O)c(NC3CCOCC3)c2)cn1. The van der Waals surface area contributed by atoms with Crippen LogP contribution in [0.25, 0.3) is 38.6 Å². The minimum Gasteiger partial charge on any atom is -0.478 e. The Morgan fingerprint density at radius 1 is 1.03 bits per heavy atom. The molecule has 0 radical (unpaired) electrons. The van der Waals surface area contributed by atoms with Crippen molar-refractivity contribution in [3.8, 4) is 22.9 Å². The Bertz CT molecular complexity index is 1680. The molecule has 0 spiro atoms. The van der Waals surface area contributed by atoms with Crippen LogP contribution in [0.2, 0.25) is 0 Å². The highest BCUT2D eigenvalue weighted by Gasteiger charge is 2.20. The zero-order chi connectivity index (χ0) is 25.4. The van der Waals surface area contributed by atoms with Crippen LogP contribution < -0.4 is 5.32 Å². The largest absolute Gasteiger partial charge is 0.478 e. The van der Waals surface area contributed by atoms with Crippen molar-refractivity contribution in [2.75, 3.05) is 18.5 Å². The van der Waals surface area contributed by atoms with Crippen LogP contribution in [0.15, 0.2) is 79.0 Å². The molecule has 0 bridgehead atoms. The summed E-state index contributed by atoms with van der Waals surface area (Å²) >= 11 is 0. The number of pyridine rings is 1. The quantitative estimate of drug-likeness (QED) is 0.314. The fourth-order valence-corrected chi connectivity index (χ4v) is 5.20. The molecule has 37 heavy (non-hydrogen) atoms. The Morgan fingerprint density at radius 3 is 2.59 bits per heavy atom. The summed E-state index contributed by atoms with van der Waals surface area (Å²) in [5.74, 6) is -0.959. The van der Waals surface area contributed by atoms with E-state index in [1.165, 1.54) is 0 Å². The van der Waals surface area contributed by atoms with E-state index < -0.39 is 5.97 Å². The molecule has 1 aliphatic heterocycles. The molecule has 1 aliphatic rings. The summed E-state index contributed by atoms with van der Waals surface area (Å²) in [5.41, 5.74) is 6.08. The van der Waals surface area contributed by atoms with Gasteiger partial charge in [0.25, 0.3) is 0 Å². The van der Waals surface area contributed by atoms with Crippen molar-refractivity contribution < 1.29 is 14.6 Å². The second-order valence-electron chi connectivity index (χ2n) is 9.16. The molecule has 7 heteroatoms. The first-order valence-electron chi connectivity index (χ1n) is 12.2. The Hall–Kier alpha value is -4.67. The summed E-state index contributed by atoms with van der Waals surface area (Å²) in [6.07, 6.45) is 3.40. The summed E-state index contributed by atoms with van der Waals surface area (Å²) < 4.78 is 7.65. The Balaban J connectivity index is 1.55. The molecule has 0 amide bonds. The van der Waals surface area contributed by atoms with Crippen LogP contribution in [0.1, 0.15) is 28.9 Å². The number of carbonyl (C=O) groups is 1. The van der Waals surface area contributed by atoms with E-state index in [1.54, 1.807) is 18.3 Å². The first-order valence-corrected chi connectivity index (χ1v) is 12.2. The second-order valence-corrected chi connectivity index (χ2v) is 9.16. The third-order valence-corrected chi connectivity index (χ3v) is 6.96. The van der Waals surface area contributed by atoms with Gasteiger partial charge in [0.1, 0.15) is 11.8 Å². The standard InChI is InChI=1S/C30H24N4O3/c31-17-21-9-8-19(18-32-21)23-5-3-7-28-29(23)25-4-1-2-6-27(25)34(28)22-10-11-24(30(35)36)26(16-22)33-20-12-14-37-15-13-20/h1-11,16,18,20,33H,12-15H2,(H,35,36). The number of para-hydroxylation sites is 1. The van der Waals surface area contributed by atoms with Gasteiger partial charge in [-0.3, -0.25) is 0 Å². The van der Waals surface area contributed by atoms with Gasteiger partial charge in [-0.25, -0.2) is 9.78 Å². The van der Waals surface area contributed by atoms with Gasteiger partial charge in [0, 0.05) is 47.5 Å². The predicted molar refractivity (Wildman–Crippen MR) is 143 cm³/mol. The van der Waals surface area contributed by atoms with Gasteiger partial charge < -0.3 is 19.7 Å². The molecule has 7 nitrogen and oxygen atoms in total. The number of benzene rings is 3. The van der Waals surface area contributed by atoms with E-state index in [1.807, 2.05) is 36.4 Å². The lowest BCUT2D eigenvalue weighted by molar-refractivity contribution is 0.0697. The highest BCUT2D eigenvalue weighted by atomic mass is 16.5. The molecule has 3 heterocycles. The van der Waals surface area contributed by atoms with E-state index in [4.69, 9.17) is 10.00 Å². The van der Waals surface area contributed by atoms with Crippen molar-refractivity contribution in [1.29, 1.82) is 5.26 Å². The fraction of sp³-hybridized carbons (Fsp3) is 0.167. The molecule has 0 atom stereocenters. The van der Waals surface area contributed by atoms with Gasteiger partial charge in [-0.1, -0.05) is 30.3 Å². The van der Waals surface area contributed by atoms with Gasteiger partial charge in [-0.15, -0.1) is 0 Å². The molecule has 3 aromatic carbocycles. The molecule has 0 aliphatic carbocycles. The molecule has 2 aromatic heterocycles. The summed E-state index contributed by atoms with van der Waals surface area (Å²) in [4.78, 5) is 16.3.